The lowest BCUT2D eigenvalue weighted by Gasteiger charge is -2.13. The number of fused-ring (bicyclic) bond motifs is 6. The molecule has 378 valence electrons. The van der Waals surface area contributed by atoms with Gasteiger partial charge in [0.15, 0.2) is 0 Å². The zero-order valence-electron chi connectivity index (χ0n) is 45.7. The number of furan rings is 1. The van der Waals surface area contributed by atoms with Gasteiger partial charge in [0, 0.05) is 45.0 Å². The second kappa shape index (κ2) is 25.9. The van der Waals surface area contributed by atoms with Crippen LogP contribution in [0.3, 0.4) is 0 Å². The fraction of sp³-hybridized carbons (Fsp3) is 0.186. The van der Waals surface area contributed by atoms with Crippen LogP contribution in [0.2, 0.25) is 0 Å². The number of benzene rings is 4. The Hall–Kier alpha value is -8.50. The summed E-state index contributed by atoms with van der Waals surface area (Å²) in [5.74, 6) is 2.66. The normalized spacial score (nSPS) is 12.3. The molecule has 4 aromatic carbocycles. The minimum Gasteiger partial charge on any atom is -0.461 e. The van der Waals surface area contributed by atoms with Gasteiger partial charge in [0.2, 0.25) is 0 Å². The van der Waals surface area contributed by atoms with E-state index in [1.165, 1.54) is 0 Å². The molecule has 0 spiro atoms. The molecule has 0 saturated carbocycles. The van der Waals surface area contributed by atoms with E-state index in [2.05, 4.69) is 231 Å². The summed E-state index contributed by atoms with van der Waals surface area (Å²) >= 11 is 0. The molecule has 10 rings (SSSR count). The predicted molar refractivity (Wildman–Crippen MR) is 326 cm³/mol. The standard InChI is InChI=1S/C64H54N4O.3C2H6/c1-7-11-12-20-30-59-44(6)53-41-49(35-40-60(53)69-59)55-29-22-31-61(66-55)67-57-39-38-51-50(36-33-43(5)45(9-3)23-8-2)56(10-4)68(62-32-21-28-54(65-62)47-26-16-13-14-17-27-47)64(51)63(57)52-37-34-48(42-58(52)67)46-24-18-15-19-25-46;3*1-2/h7-19,21-29,31-32,34-42,47H,1,4,20,30H2,2-3,5-6H3;3*1-2H3/b12-11-,23-8-,45-9+;;;. The Bertz CT molecular complexity index is 3720. The third-order valence-corrected chi connectivity index (χ3v) is 13.2. The fourth-order valence-electron chi connectivity index (χ4n) is 9.74. The van der Waals surface area contributed by atoms with E-state index < -0.39 is 0 Å². The Labute approximate surface area is 445 Å². The van der Waals surface area contributed by atoms with E-state index in [1.54, 1.807) is 0 Å². The van der Waals surface area contributed by atoms with Gasteiger partial charge in [-0.1, -0.05) is 188 Å². The van der Waals surface area contributed by atoms with E-state index in [4.69, 9.17) is 14.4 Å². The van der Waals surface area contributed by atoms with Gasteiger partial charge in [-0.25, -0.2) is 9.97 Å². The first-order valence-corrected chi connectivity index (χ1v) is 26.7. The zero-order valence-corrected chi connectivity index (χ0v) is 45.7. The number of pyridine rings is 2. The number of hydrogen-bond donors (Lipinski definition) is 0. The lowest BCUT2D eigenvalue weighted by atomic mass is 10.0. The molecule has 5 heteroatoms. The Morgan fingerprint density at radius 1 is 0.693 bits per heavy atom. The van der Waals surface area contributed by atoms with E-state index in [1.807, 2.05) is 66.7 Å². The Kier molecular flexibility index (Phi) is 18.8. The minimum absolute atomic E-state index is 0.0199. The molecule has 0 N–H and O–H groups in total. The third-order valence-electron chi connectivity index (χ3n) is 13.2. The molecule has 1 aliphatic rings. The predicted octanol–water partition coefficient (Wildman–Crippen LogP) is 20.1. The highest BCUT2D eigenvalue weighted by Gasteiger charge is 2.24. The summed E-state index contributed by atoms with van der Waals surface area (Å²) < 4.78 is 11.0. The van der Waals surface area contributed by atoms with Crippen LogP contribution in [0.25, 0.3) is 89.9 Å². The van der Waals surface area contributed by atoms with Crippen molar-refractivity contribution in [3.63, 3.8) is 0 Å². The first kappa shape index (κ1) is 54.3. The van der Waals surface area contributed by atoms with Crippen LogP contribution in [0, 0.1) is 6.92 Å². The first-order valence-electron chi connectivity index (χ1n) is 26.7. The quantitative estimate of drug-likeness (QED) is 0.0854. The van der Waals surface area contributed by atoms with Crippen molar-refractivity contribution in [2.75, 3.05) is 0 Å². The molecule has 1 aliphatic carbocycles. The van der Waals surface area contributed by atoms with Crippen LogP contribution in [0.4, 0.5) is 0 Å². The first-order chi connectivity index (χ1) is 36.9. The molecule has 0 aliphatic heterocycles. The number of rotatable bonds is 13. The summed E-state index contributed by atoms with van der Waals surface area (Å²) in [6, 6.07) is 41.0. The van der Waals surface area contributed by atoms with E-state index in [9.17, 15) is 0 Å². The molecule has 5 aromatic heterocycles. The van der Waals surface area contributed by atoms with Gasteiger partial charge in [-0.3, -0.25) is 9.13 Å². The zero-order chi connectivity index (χ0) is 53.4. The van der Waals surface area contributed by atoms with Crippen molar-refractivity contribution in [3.8, 4) is 34.0 Å². The lowest BCUT2D eigenvalue weighted by molar-refractivity contribution is 0.545. The summed E-state index contributed by atoms with van der Waals surface area (Å²) in [6.45, 7) is 28.6. The van der Waals surface area contributed by atoms with Gasteiger partial charge in [0.1, 0.15) is 23.0 Å². The number of aromatic nitrogens is 4. The van der Waals surface area contributed by atoms with Crippen molar-refractivity contribution in [3.05, 3.63) is 246 Å². The van der Waals surface area contributed by atoms with Crippen LogP contribution in [-0.2, 0) is 6.42 Å². The summed E-state index contributed by atoms with van der Waals surface area (Å²) in [7, 11) is 0. The summed E-state index contributed by atoms with van der Waals surface area (Å²) in [5.41, 5.74) is 18.1. The van der Waals surface area contributed by atoms with Crippen LogP contribution < -0.4 is 0 Å². The average Bonchev–Trinajstić information content (AvgIpc) is 3.99. The van der Waals surface area contributed by atoms with Crippen molar-refractivity contribution in [1.82, 2.24) is 19.1 Å². The summed E-state index contributed by atoms with van der Waals surface area (Å²) in [5, 5.41) is 4.37. The maximum atomic E-state index is 6.37. The van der Waals surface area contributed by atoms with Crippen LogP contribution in [-0.4, -0.2) is 19.1 Å². The van der Waals surface area contributed by atoms with Crippen LogP contribution in [0.1, 0.15) is 103 Å². The van der Waals surface area contributed by atoms with Crippen molar-refractivity contribution in [1.29, 1.82) is 0 Å². The molecule has 0 unspecified atom stereocenters. The largest absolute Gasteiger partial charge is 0.461 e. The molecule has 0 radical (unpaired) electrons. The maximum Gasteiger partial charge on any atom is 0.138 e. The van der Waals surface area contributed by atoms with Gasteiger partial charge in [-0.2, -0.15) is 0 Å². The van der Waals surface area contributed by atoms with Gasteiger partial charge in [0.25, 0.3) is 0 Å². The van der Waals surface area contributed by atoms with E-state index in [-0.39, 0.29) is 5.92 Å². The highest BCUT2D eigenvalue weighted by atomic mass is 16.3. The van der Waals surface area contributed by atoms with E-state index in [0.29, 0.717) is 0 Å². The maximum absolute atomic E-state index is 6.37. The van der Waals surface area contributed by atoms with Gasteiger partial charge in [0.05, 0.1) is 33.6 Å². The third kappa shape index (κ3) is 11.2. The topological polar surface area (TPSA) is 48.8 Å². The Morgan fingerprint density at radius 2 is 1.40 bits per heavy atom. The van der Waals surface area contributed by atoms with Crippen LogP contribution in [0.5, 0.6) is 0 Å². The molecule has 0 amide bonds. The van der Waals surface area contributed by atoms with E-state index in [0.717, 1.165) is 130 Å². The Morgan fingerprint density at radius 3 is 2.11 bits per heavy atom. The fourth-order valence-corrected chi connectivity index (χ4v) is 9.74. The summed E-state index contributed by atoms with van der Waals surface area (Å²) in [6.07, 6.45) is 30.7. The molecule has 0 saturated heterocycles. The lowest BCUT2D eigenvalue weighted by Crippen LogP contribution is -2.04. The molecule has 5 heterocycles. The summed E-state index contributed by atoms with van der Waals surface area (Å²) in [4.78, 5) is 10.9. The van der Waals surface area contributed by atoms with E-state index >= 15 is 0 Å². The molecule has 0 atom stereocenters. The second-order valence-electron chi connectivity index (χ2n) is 17.3. The van der Waals surface area contributed by atoms with Gasteiger partial charge in [-0.05, 0) is 129 Å². The number of nitrogens with zero attached hydrogens (tertiary/aromatic N) is 4. The smallest absolute Gasteiger partial charge is 0.138 e. The molecular formula is C70H72N4O. The van der Waals surface area contributed by atoms with Crippen molar-refractivity contribution < 1.29 is 4.42 Å². The van der Waals surface area contributed by atoms with Crippen molar-refractivity contribution in [2.45, 2.75) is 88.0 Å². The molecule has 0 fully saturated rings. The second-order valence-corrected chi connectivity index (χ2v) is 17.3. The number of hydrogen-bond acceptors (Lipinski definition) is 3. The van der Waals surface area contributed by atoms with Crippen molar-refractivity contribution >= 4 is 55.8 Å². The highest BCUT2D eigenvalue weighted by Crippen LogP contribution is 2.43. The minimum atomic E-state index is 0.0199. The monoisotopic (exact) mass is 985 g/mol. The molecule has 0 bridgehead atoms. The van der Waals surface area contributed by atoms with Gasteiger partial charge < -0.3 is 4.42 Å². The Balaban J connectivity index is 0.00000132. The SMILES string of the molecule is C=C/C=C\CCc1oc2ccc(-c3cccc(-n4c5cc(-c6ccccc6)ccc5c5c6c(ccc54)c(C=C=C(C)C(/C=C\C)=C/C)c(C=C)n6-c4cccc(C5C=CC=CC=C5)n4)n3)cc2c1C.CC.CC.CC. The number of aryl methyl sites for hydroxylation is 2. The van der Waals surface area contributed by atoms with Gasteiger partial charge in [-0.15, -0.1) is 5.73 Å². The molecular weight excluding hydrogens is 913 g/mol. The van der Waals surface area contributed by atoms with Crippen LogP contribution in [0.15, 0.2) is 223 Å². The number of allylic oxidation sites excluding steroid dienone is 14. The van der Waals surface area contributed by atoms with Crippen LogP contribution >= 0.6 is 0 Å². The van der Waals surface area contributed by atoms with Gasteiger partial charge >= 0.3 is 0 Å². The van der Waals surface area contributed by atoms with Crippen molar-refractivity contribution in [2.24, 2.45) is 0 Å². The molecule has 9 aromatic rings. The molecule has 5 nitrogen and oxygen atoms in total. The molecule has 75 heavy (non-hydrogen) atoms. The average molecular weight is 985 g/mol. The highest BCUT2D eigenvalue weighted by molar-refractivity contribution is 6.22.